The van der Waals surface area contributed by atoms with Gasteiger partial charge in [-0.2, -0.15) is 0 Å². The van der Waals surface area contributed by atoms with Crippen LogP contribution < -0.4 is 5.32 Å². The fraction of sp³-hybridized carbons (Fsp3) is 0.333. The third-order valence-corrected chi connectivity index (χ3v) is 7.55. The average molecular weight is 448 g/mol. The second-order valence-electron chi connectivity index (χ2n) is 8.34. The first kappa shape index (κ1) is 22.3. The van der Waals surface area contributed by atoms with Crippen molar-refractivity contribution in [1.82, 2.24) is 0 Å². The smallest absolute Gasteiger partial charge is 0.341 e. The molecule has 2 aromatic carbocycles. The van der Waals surface area contributed by atoms with Gasteiger partial charge in [-0.3, -0.25) is 4.79 Å². The van der Waals surface area contributed by atoms with E-state index in [2.05, 4.69) is 36.5 Å². The van der Waals surface area contributed by atoms with Gasteiger partial charge in [0.05, 0.1) is 12.7 Å². The lowest BCUT2D eigenvalue weighted by molar-refractivity contribution is -0.116. The molecule has 32 heavy (non-hydrogen) atoms. The number of hydrogen-bond donors (Lipinski definition) is 1. The maximum atomic E-state index is 13.2. The van der Waals surface area contributed by atoms with Crippen LogP contribution in [0.1, 0.15) is 64.0 Å². The predicted octanol–water partition coefficient (Wildman–Crippen LogP) is 6.21. The van der Waals surface area contributed by atoms with Crippen LogP contribution in [0.3, 0.4) is 0 Å². The summed E-state index contributed by atoms with van der Waals surface area (Å²) in [5.41, 5.74) is 3.80. The highest BCUT2D eigenvalue weighted by atomic mass is 32.1. The van der Waals surface area contributed by atoms with Crippen molar-refractivity contribution in [1.29, 1.82) is 0 Å². The number of esters is 1. The minimum Gasteiger partial charge on any atom is -0.465 e. The van der Waals surface area contributed by atoms with E-state index in [1.54, 1.807) is 0 Å². The average Bonchev–Trinajstić information content (AvgIpc) is 3.19. The first-order valence-corrected chi connectivity index (χ1v) is 12.0. The number of carbonyl (C=O) groups is 2. The number of nitrogens with one attached hydrogen (secondary N) is 1. The van der Waals surface area contributed by atoms with Gasteiger partial charge in [-0.25, -0.2) is 4.79 Å². The molecule has 1 aliphatic carbocycles. The molecule has 5 heteroatoms. The van der Waals surface area contributed by atoms with Crippen molar-refractivity contribution in [3.05, 3.63) is 87.8 Å². The summed E-state index contributed by atoms with van der Waals surface area (Å²) in [6.45, 7) is 2.21. The van der Waals surface area contributed by atoms with Crippen molar-refractivity contribution in [2.24, 2.45) is 5.92 Å². The maximum Gasteiger partial charge on any atom is 0.341 e. The van der Waals surface area contributed by atoms with Crippen LogP contribution in [0.25, 0.3) is 0 Å². The van der Waals surface area contributed by atoms with Gasteiger partial charge in [0.25, 0.3) is 0 Å². The number of methoxy groups -OCH3 is 1. The number of anilines is 1. The summed E-state index contributed by atoms with van der Waals surface area (Å²) in [5, 5.41) is 3.69. The lowest BCUT2D eigenvalue weighted by Gasteiger charge is -2.20. The molecule has 0 bridgehead atoms. The number of fused-ring (bicyclic) bond motifs is 1. The minimum absolute atomic E-state index is 0.0574. The number of amides is 1. The van der Waals surface area contributed by atoms with Crippen LogP contribution in [0.15, 0.2) is 60.7 Å². The molecular weight excluding hydrogens is 418 g/mol. The van der Waals surface area contributed by atoms with Crippen LogP contribution in [-0.2, 0) is 22.4 Å². The summed E-state index contributed by atoms with van der Waals surface area (Å²) >= 11 is 1.54. The van der Waals surface area contributed by atoms with Crippen molar-refractivity contribution < 1.29 is 14.3 Å². The third kappa shape index (κ3) is 4.78. The molecule has 1 N–H and O–H groups in total. The molecule has 3 aromatic rings. The fourth-order valence-corrected chi connectivity index (χ4v) is 5.94. The first-order chi connectivity index (χ1) is 15.6. The van der Waals surface area contributed by atoms with Crippen molar-refractivity contribution in [2.75, 3.05) is 12.4 Å². The Morgan fingerprint density at radius 1 is 1.06 bits per heavy atom. The van der Waals surface area contributed by atoms with E-state index in [9.17, 15) is 9.59 Å². The van der Waals surface area contributed by atoms with Gasteiger partial charge in [0.15, 0.2) is 0 Å². The number of hydrogen-bond acceptors (Lipinski definition) is 4. The van der Waals surface area contributed by atoms with E-state index in [4.69, 9.17) is 4.74 Å². The van der Waals surface area contributed by atoms with E-state index in [-0.39, 0.29) is 17.8 Å². The van der Waals surface area contributed by atoms with Crippen LogP contribution in [0.2, 0.25) is 0 Å². The van der Waals surface area contributed by atoms with Crippen LogP contribution >= 0.6 is 11.3 Å². The van der Waals surface area contributed by atoms with Crippen molar-refractivity contribution in [3.8, 4) is 0 Å². The molecule has 1 heterocycles. The lowest BCUT2D eigenvalue weighted by Crippen LogP contribution is -2.18. The molecule has 4 rings (SSSR count). The van der Waals surface area contributed by atoms with E-state index in [0.29, 0.717) is 22.9 Å². The van der Waals surface area contributed by atoms with E-state index in [1.807, 2.05) is 36.4 Å². The first-order valence-electron chi connectivity index (χ1n) is 11.2. The van der Waals surface area contributed by atoms with Gasteiger partial charge in [0, 0.05) is 17.2 Å². The van der Waals surface area contributed by atoms with Gasteiger partial charge in [-0.05, 0) is 41.9 Å². The SMILES string of the molecule is CCC1CCc2c(sc(NC(=O)CC(c3ccccc3)c3ccccc3)c2C(=O)OC)C1. The number of ether oxygens (including phenoxy) is 1. The molecule has 0 spiro atoms. The third-order valence-electron chi connectivity index (χ3n) is 6.38. The van der Waals surface area contributed by atoms with E-state index in [0.717, 1.165) is 42.4 Å². The van der Waals surface area contributed by atoms with Gasteiger partial charge in [-0.1, -0.05) is 74.0 Å². The fourth-order valence-electron chi connectivity index (χ4n) is 4.57. The molecule has 0 aliphatic heterocycles. The highest BCUT2D eigenvalue weighted by Crippen LogP contribution is 2.41. The summed E-state index contributed by atoms with van der Waals surface area (Å²) in [4.78, 5) is 27.0. The number of benzene rings is 2. The number of rotatable bonds is 7. The quantitative estimate of drug-likeness (QED) is 0.438. The normalized spacial score (nSPS) is 15.3. The van der Waals surface area contributed by atoms with Gasteiger partial charge < -0.3 is 10.1 Å². The van der Waals surface area contributed by atoms with Crippen LogP contribution in [0.4, 0.5) is 5.00 Å². The number of thiophene rings is 1. The summed E-state index contributed by atoms with van der Waals surface area (Å²) in [5.74, 6) is 0.114. The molecule has 1 aromatic heterocycles. The monoisotopic (exact) mass is 447 g/mol. The molecule has 1 atom stereocenters. The predicted molar refractivity (Wildman–Crippen MR) is 129 cm³/mol. The van der Waals surface area contributed by atoms with Gasteiger partial charge in [0.2, 0.25) is 5.91 Å². The minimum atomic E-state index is -0.365. The van der Waals surface area contributed by atoms with Gasteiger partial charge >= 0.3 is 5.97 Å². The van der Waals surface area contributed by atoms with Gasteiger partial charge in [0.1, 0.15) is 5.00 Å². The Kier molecular flexibility index (Phi) is 7.05. The molecular formula is C27H29NO3S. The Balaban J connectivity index is 1.60. The van der Waals surface area contributed by atoms with E-state index in [1.165, 1.54) is 23.3 Å². The zero-order valence-corrected chi connectivity index (χ0v) is 19.4. The standard InChI is InChI=1S/C27H29NO3S/c1-3-18-14-15-21-23(16-18)32-26(25(21)27(30)31-2)28-24(29)17-22(19-10-6-4-7-11-19)20-12-8-5-9-13-20/h4-13,18,22H,3,14-17H2,1-2H3,(H,28,29). The molecule has 0 saturated carbocycles. The van der Waals surface area contributed by atoms with Crippen LogP contribution in [-0.4, -0.2) is 19.0 Å². The Hall–Kier alpha value is -2.92. The highest BCUT2D eigenvalue weighted by molar-refractivity contribution is 7.17. The van der Waals surface area contributed by atoms with Crippen molar-refractivity contribution >= 4 is 28.2 Å². The molecule has 0 fully saturated rings. The topological polar surface area (TPSA) is 55.4 Å². The zero-order chi connectivity index (χ0) is 22.5. The van der Waals surface area contributed by atoms with Crippen molar-refractivity contribution in [2.45, 2.75) is 44.9 Å². The Morgan fingerprint density at radius 3 is 2.25 bits per heavy atom. The Bertz CT molecular complexity index is 1040. The zero-order valence-electron chi connectivity index (χ0n) is 18.6. The molecule has 1 aliphatic rings. The number of carbonyl (C=O) groups excluding carboxylic acids is 2. The van der Waals surface area contributed by atoms with Gasteiger partial charge in [-0.15, -0.1) is 11.3 Å². The summed E-state index contributed by atoms with van der Waals surface area (Å²) in [7, 11) is 1.40. The summed E-state index contributed by atoms with van der Waals surface area (Å²) < 4.78 is 5.07. The highest BCUT2D eigenvalue weighted by Gasteiger charge is 2.30. The second kappa shape index (κ2) is 10.1. The lowest BCUT2D eigenvalue weighted by atomic mass is 9.85. The molecule has 166 valence electrons. The van der Waals surface area contributed by atoms with E-state index >= 15 is 0 Å². The second-order valence-corrected chi connectivity index (χ2v) is 9.45. The molecule has 1 unspecified atom stereocenters. The van der Waals surface area contributed by atoms with Crippen LogP contribution in [0, 0.1) is 5.92 Å². The van der Waals surface area contributed by atoms with E-state index < -0.39 is 0 Å². The maximum absolute atomic E-state index is 13.2. The largest absolute Gasteiger partial charge is 0.465 e. The molecule has 1 amide bonds. The molecule has 0 radical (unpaired) electrons. The molecule has 4 nitrogen and oxygen atoms in total. The Labute approximate surface area is 193 Å². The molecule has 0 saturated heterocycles. The Morgan fingerprint density at radius 2 is 1.69 bits per heavy atom. The van der Waals surface area contributed by atoms with Crippen molar-refractivity contribution in [3.63, 3.8) is 0 Å². The summed E-state index contributed by atoms with van der Waals surface area (Å²) in [6.07, 6.45) is 4.33. The summed E-state index contributed by atoms with van der Waals surface area (Å²) in [6, 6.07) is 20.2. The van der Waals surface area contributed by atoms with Crippen LogP contribution in [0.5, 0.6) is 0 Å².